The normalized spacial score (nSPS) is 13.5. The van der Waals surface area contributed by atoms with Gasteiger partial charge in [-0.2, -0.15) is 11.8 Å². The molecule has 0 heterocycles. The molecule has 0 radical (unpaired) electrons. The molecule has 1 unspecified atom stereocenters. The highest BCUT2D eigenvalue weighted by molar-refractivity contribution is 7.99. The molecular weight excluding hydrogens is 238 g/mol. The second-order valence-corrected chi connectivity index (χ2v) is 6.50. The van der Waals surface area contributed by atoms with Crippen LogP contribution in [0, 0.1) is 0 Å². The van der Waals surface area contributed by atoms with Gasteiger partial charge in [-0.05, 0) is 50.9 Å². The minimum atomic E-state index is 0.818. The Morgan fingerprint density at radius 3 is 1.89 bits per heavy atom. The molecule has 110 valence electrons. The fourth-order valence-electron chi connectivity index (χ4n) is 2.64. The molecule has 0 saturated heterocycles. The van der Waals surface area contributed by atoms with Gasteiger partial charge in [-0.3, -0.25) is 0 Å². The Hall–Kier alpha value is 0.310. The van der Waals surface area contributed by atoms with Crippen molar-refractivity contribution in [2.24, 2.45) is 0 Å². The van der Waals surface area contributed by atoms with Gasteiger partial charge in [0.05, 0.1) is 0 Å². The van der Waals surface area contributed by atoms with Gasteiger partial charge < -0.3 is 4.90 Å². The topological polar surface area (TPSA) is 3.24 Å². The van der Waals surface area contributed by atoms with Gasteiger partial charge in [0.2, 0.25) is 0 Å². The number of thioether (sulfide) groups is 1. The first-order valence-corrected chi connectivity index (χ1v) is 9.13. The summed E-state index contributed by atoms with van der Waals surface area (Å²) in [4.78, 5) is 2.62. The summed E-state index contributed by atoms with van der Waals surface area (Å²) >= 11 is 2.19. The van der Waals surface area contributed by atoms with Crippen LogP contribution in [0.1, 0.15) is 73.1 Å². The zero-order chi connectivity index (χ0) is 13.8. The molecule has 0 aliphatic heterocycles. The number of hydrogen-bond acceptors (Lipinski definition) is 2. The smallest absolute Gasteiger partial charge is 0.00924 e. The predicted octanol–water partition coefficient (Wildman–Crippen LogP) is 5.20. The van der Waals surface area contributed by atoms with Crippen LogP contribution in [-0.2, 0) is 0 Å². The average molecular weight is 274 g/mol. The van der Waals surface area contributed by atoms with E-state index >= 15 is 0 Å². The highest BCUT2D eigenvalue weighted by atomic mass is 32.2. The van der Waals surface area contributed by atoms with Crippen LogP contribution < -0.4 is 0 Å². The van der Waals surface area contributed by atoms with Crippen molar-refractivity contribution in [3.8, 4) is 0 Å². The summed E-state index contributed by atoms with van der Waals surface area (Å²) in [7, 11) is 0. The predicted molar refractivity (Wildman–Crippen MR) is 87.7 cm³/mol. The molecule has 0 aliphatic rings. The Morgan fingerprint density at radius 1 is 0.833 bits per heavy atom. The van der Waals surface area contributed by atoms with Crippen LogP contribution in [0.25, 0.3) is 0 Å². The quantitative estimate of drug-likeness (QED) is 0.450. The monoisotopic (exact) mass is 273 g/mol. The third-order valence-corrected chi connectivity index (χ3v) is 5.66. The summed E-state index contributed by atoms with van der Waals surface area (Å²) in [5, 5.41) is 0.898. The molecule has 0 rings (SSSR count). The third-order valence-electron chi connectivity index (χ3n) is 4.00. The Bertz CT molecular complexity index is 164. The fraction of sp³-hybridized carbons (Fsp3) is 1.00. The van der Waals surface area contributed by atoms with Gasteiger partial charge in [0.15, 0.2) is 0 Å². The minimum absolute atomic E-state index is 0.818. The van der Waals surface area contributed by atoms with Crippen molar-refractivity contribution in [1.82, 2.24) is 4.90 Å². The molecule has 18 heavy (non-hydrogen) atoms. The number of unbranched alkanes of at least 4 members (excludes halogenated alkanes) is 1. The minimum Gasteiger partial charge on any atom is -0.301 e. The molecule has 0 fully saturated rings. The molecule has 0 aromatic carbocycles. The second-order valence-electron chi connectivity index (χ2n) is 5.09. The maximum absolute atomic E-state index is 2.62. The fourth-order valence-corrected chi connectivity index (χ4v) is 3.82. The van der Waals surface area contributed by atoms with Crippen LogP contribution in [0.4, 0.5) is 0 Å². The van der Waals surface area contributed by atoms with E-state index in [-0.39, 0.29) is 0 Å². The first-order valence-electron chi connectivity index (χ1n) is 8.08. The molecule has 0 aliphatic carbocycles. The lowest BCUT2D eigenvalue weighted by Crippen LogP contribution is -2.34. The molecule has 0 amide bonds. The van der Waals surface area contributed by atoms with Crippen molar-refractivity contribution in [3.05, 3.63) is 0 Å². The van der Waals surface area contributed by atoms with Gasteiger partial charge in [0.1, 0.15) is 0 Å². The molecule has 0 saturated carbocycles. The van der Waals surface area contributed by atoms with Gasteiger partial charge >= 0.3 is 0 Å². The van der Waals surface area contributed by atoms with Crippen molar-refractivity contribution in [2.75, 3.05) is 18.8 Å². The highest BCUT2D eigenvalue weighted by Gasteiger charge is 2.12. The molecule has 0 bridgehead atoms. The zero-order valence-electron chi connectivity index (χ0n) is 13.4. The van der Waals surface area contributed by atoms with Crippen molar-refractivity contribution < 1.29 is 0 Å². The second kappa shape index (κ2) is 12.3. The summed E-state index contributed by atoms with van der Waals surface area (Å²) in [6.45, 7) is 13.9. The molecular formula is C16H35NS. The van der Waals surface area contributed by atoms with Crippen LogP contribution in [0.3, 0.4) is 0 Å². The largest absolute Gasteiger partial charge is 0.301 e. The van der Waals surface area contributed by atoms with E-state index in [2.05, 4.69) is 51.3 Å². The Kier molecular flexibility index (Phi) is 12.6. The van der Waals surface area contributed by atoms with E-state index in [1.54, 1.807) is 0 Å². The number of rotatable bonds is 12. The molecule has 1 nitrogen and oxygen atoms in total. The maximum atomic E-state index is 2.62. The molecule has 0 N–H and O–H groups in total. The lowest BCUT2D eigenvalue weighted by molar-refractivity contribution is 0.198. The SMILES string of the molecule is CCC(CC)SCCCCC(CC)N(CC)CC. The van der Waals surface area contributed by atoms with Crippen LogP contribution in [-0.4, -0.2) is 35.0 Å². The van der Waals surface area contributed by atoms with Gasteiger partial charge in [-0.15, -0.1) is 0 Å². The Morgan fingerprint density at radius 2 is 1.44 bits per heavy atom. The average Bonchev–Trinajstić information content (AvgIpc) is 2.41. The van der Waals surface area contributed by atoms with E-state index in [1.165, 1.54) is 57.4 Å². The van der Waals surface area contributed by atoms with E-state index < -0.39 is 0 Å². The lowest BCUT2D eigenvalue weighted by Gasteiger charge is -2.28. The Balaban J connectivity index is 3.68. The third kappa shape index (κ3) is 7.68. The standard InChI is InChI=1S/C16H35NS/c1-6-15(17(9-4)10-5)13-11-12-14-18-16(7-2)8-3/h15-16H,6-14H2,1-5H3. The van der Waals surface area contributed by atoms with E-state index in [4.69, 9.17) is 0 Å². The van der Waals surface area contributed by atoms with Crippen LogP contribution in [0.15, 0.2) is 0 Å². The van der Waals surface area contributed by atoms with Crippen LogP contribution in [0.5, 0.6) is 0 Å². The van der Waals surface area contributed by atoms with Gasteiger partial charge in [-0.25, -0.2) is 0 Å². The molecule has 1 atom stereocenters. The van der Waals surface area contributed by atoms with Crippen molar-refractivity contribution in [1.29, 1.82) is 0 Å². The van der Waals surface area contributed by atoms with Gasteiger partial charge in [-0.1, -0.05) is 41.0 Å². The van der Waals surface area contributed by atoms with Gasteiger partial charge in [0.25, 0.3) is 0 Å². The van der Waals surface area contributed by atoms with Crippen molar-refractivity contribution >= 4 is 11.8 Å². The van der Waals surface area contributed by atoms with Gasteiger partial charge in [0, 0.05) is 11.3 Å². The summed E-state index contributed by atoms with van der Waals surface area (Å²) in [5.41, 5.74) is 0. The first-order chi connectivity index (χ1) is 8.73. The molecule has 0 aromatic rings. The number of hydrogen-bond donors (Lipinski definition) is 0. The molecule has 0 spiro atoms. The Labute approximate surface area is 120 Å². The van der Waals surface area contributed by atoms with Crippen molar-refractivity contribution in [3.63, 3.8) is 0 Å². The van der Waals surface area contributed by atoms with Crippen LogP contribution >= 0.6 is 11.8 Å². The lowest BCUT2D eigenvalue weighted by atomic mass is 10.1. The van der Waals surface area contributed by atoms with E-state index in [0.717, 1.165) is 11.3 Å². The molecule has 0 aromatic heterocycles. The first kappa shape index (κ1) is 18.3. The number of nitrogens with zero attached hydrogens (tertiary/aromatic N) is 1. The summed E-state index contributed by atoms with van der Waals surface area (Å²) in [5.74, 6) is 1.36. The van der Waals surface area contributed by atoms with Crippen LogP contribution in [0.2, 0.25) is 0 Å². The summed E-state index contributed by atoms with van der Waals surface area (Å²) < 4.78 is 0. The van der Waals surface area contributed by atoms with E-state index in [0.29, 0.717) is 0 Å². The summed E-state index contributed by atoms with van der Waals surface area (Å²) in [6.07, 6.45) is 8.17. The zero-order valence-corrected chi connectivity index (χ0v) is 14.2. The summed E-state index contributed by atoms with van der Waals surface area (Å²) in [6, 6.07) is 0.818. The highest BCUT2D eigenvalue weighted by Crippen LogP contribution is 2.20. The van der Waals surface area contributed by atoms with Crippen molar-refractivity contribution in [2.45, 2.75) is 84.4 Å². The van der Waals surface area contributed by atoms with E-state index in [1.807, 2.05) is 0 Å². The molecule has 2 heteroatoms. The maximum Gasteiger partial charge on any atom is 0.00924 e. The van der Waals surface area contributed by atoms with E-state index in [9.17, 15) is 0 Å².